The third kappa shape index (κ3) is 8.78. The molecule has 0 fully saturated rings. The SMILES string of the molecule is C=C(CC(CC)CCCC)C(C)CCCCCC. The summed E-state index contributed by atoms with van der Waals surface area (Å²) in [7, 11) is 0. The molecule has 0 aromatic heterocycles. The molecule has 0 N–H and O–H groups in total. The molecule has 18 heavy (non-hydrogen) atoms. The summed E-state index contributed by atoms with van der Waals surface area (Å²) in [4.78, 5) is 0. The zero-order chi connectivity index (χ0) is 13.8. The van der Waals surface area contributed by atoms with Gasteiger partial charge in [-0.3, -0.25) is 0 Å². The van der Waals surface area contributed by atoms with Gasteiger partial charge in [-0.05, 0) is 24.7 Å². The smallest absolute Gasteiger partial charge is 0.0234 e. The van der Waals surface area contributed by atoms with E-state index in [1.165, 1.54) is 69.8 Å². The first-order valence-corrected chi connectivity index (χ1v) is 8.33. The molecule has 0 aliphatic heterocycles. The zero-order valence-electron chi connectivity index (χ0n) is 13.4. The highest BCUT2D eigenvalue weighted by Gasteiger charge is 2.12. The van der Waals surface area contributed by atoms with Crippen LogP contribution < -0.4 is 0 Å². The van der Waals surface area contributed by atoms with E-state index in [2.05, 4.69) is 34.3 Å². The van der Waals surface area contributed by atoms with Gasteiger partial charge in [0, 0.05) is 0 Å². The van der Waals surface area contributed by atoms with E-state index in [1.807, 2.05) is 0 Å². The number of hydrogen-bond donors (Lipinski definition) is 0. The molecule has 0 aromatic carbocycles. The van der Waals surface area contributed by atoms with Crippen molar-refractivity contribution in [3.63, 3.8) is 0 Å². The Hall–Kier alpha value is -0.260. The summed E-state index contributed by atoms with van der Waals surface area (Å²) in [5, 5.41) is 0. The summed E-state index contributed by atoms with van der Waals surface area (Å²) in [6.45, 7) is 13.6. The largest absolute Gasteiger partial charge is 0.0996 e. The minimum atomic E-state index is 0.734. The molecule has 2 unspecified atom stereocenters. The summed E-state index contributed by atoms with van der Waals surface area (Å²) in [6, 6.07) is 0. The fraction of sp³-hybridized carbons (Fsp3) is 0.889. The summed E-state index contributed by atoms with van der Waals surface area (Å²) < 4.78 is 0. The van der Waals surface area contributed by atoms with Crippen molar-refractivity contribution in [3.8, 4) is 0 Å². The first-order chi connectivity index (χ1) is 8.65. The summed E-state index contributed by atoms with van der Waals surface area (Å²) >= 11 is 0. The molecule has 2 atom stereocenters. The molecule has 0 aromatic rings. The lowest BCUT2D eigenvalue weighted by Crippen LogP contribution is -2.06. The van der Waals surface area contributed by atoms with Crippen LogP contribution in [0.4, 0.5) is 0 Å². The van der Waals surface area contributed by atoms with Gasteiger partial charge in [-0.2, -0.15) is 0 Å². The van der Waals surface area contributed by atoms with E-state index in [0.29, 0.717) is 0 Å². The van der Waals surface area contributed by atoms with Crippen LogP contribution in [-0.4, -0.2) is 0 Å². The molecule has 0 heterocycles. The van der Waals surface area contributed by atoms with E-state index >= 15 is 0 Å². The first-order valence-electron chi connectivity index (χ1n) is 8.33. The average molecular weight is 252 g/mol. The van der Waals surface area contributed by atoms with Crippen LogP contribution in [-0.2, 0) is 0 Å². The highest BCUT2D eigenvalue weighted by Crippen LogP contribution is 2.27. The van der Waals surface area contributed by atoms with E-state index in [-0.39, 0.29) is 0 Å². The predicted molar refractivity (Wildman–Crippen MR) is 85.0 cm³/mol. The Bertz CT molecular complexity index is 192. The molecule has 0 bridgehead atoms. The third-order valence-electron chi connectivity index (χ3n) is 4.28. The maximum atomic E-state index is 4.35. The molecule has 108 valence electrons. The van der Waals surface area contributed by atoms with E-state index in [9.17, 15) is 0 Å². The molecule has 0 saturated heterocycles. The second-order valence-electron chi connectivity index (χ2n) is 6.03. The summed E-state index contributed by atoms with van der Waals surface area (Å²) in [5.74, 6) is 1.62. The van der Waals surface area contributed by atoms with Gasteiger partial charge in [0.2, 0.25) is 0 Å². The average Bonchev–Trinajstić information content (AvgIpc) is 2.38. The van der Waals surface area contributed by atoms with E-state index in [1.54, 1.807) is 0 Å². The molecule has 0 heteroatoms. The molecule has 0 aliphatic rings. The Morgan fingerprint density at radius 1 is 0.889 bits per heavy atom. The summed E-state index contributed by atoms with van der Waals surface area (Å²) in [5.41, 5.74) is 1.51. The minimum absolute atomic E-state index is 0.734. The van der Waals surface area contributed by atoms with E-state index in [4.69, 9.17) is 0 Å². The van der Waals surface area contributed by atoms with Crippen LogP contribution in [0.25, 0.3) is 0 Å². The normalized spacial score (nSPS) is 14.4. The molecule has 0 spiro atoms. The maximum absolute atomic E-state index is 4.35. The lowest BCUT2D eigenvalue weighted by atomic mass is 9.86. The number of unbranched alkanes of at least 4 members (excludes halogenated alkanes) is 4. The van der Waals surface area contributed by atoms with E-state index < -0.39 is 0 Å². The molecule has 0 saturated carbocycles. The van der Waals surface area contributed by atoms with Crippen molar-refractivity contribution in [3.05, 3.63) is 12.2 Å². The predicted octanol–water partition coefficient (Wildman–Crippen LogP) is 6.76. The van der Waals surface area contributed by atoms with Crippen LogP contribution in [0.3, 0.4) is 0 Å². The Labute approximate surface area is 116 Å². The van der Waals surface area contributed by atoms with Gasteiger partial charge in [-0.1, -0.05) is 91.2 Å². The van der Waals surface area contributed by atoms with Crippen LogP contribution in [0, 0.1) is 11.8 Å². The first kappa shape index (κ1) is 17.7. The van der Waals surface area contributed by atoms with Gasteiger partial charge in [0.15, 0.2) is 0 Å². The summed E-state index contributed by atoms with van der Waals surface area (Å²) in [6.07, 6.45) is 13.6. The van der Waals surface area contributed by atoms with Gasteiger partial charge in [0.1, 0.15) is 0 Å². The van der Waals surface area contributed by atoms with Gasteiger partial charge >= 0.3 is 0 Å². The van der Waals surface area contributed by atoms with Crippen molar-refractivity contribution < 1.29 is 0 Å². The van der Waals surface area contributed by atoms with Gasteiger partial charge < -0.3 is 0 Å². The number of rotatable bonds is 12. The molecular formula is C18H36. The molecule has 0 aliphatic carbocycles. The van der Waals surface area contributed by atoms with Crippen molar-refractivity contribution in [2.24, 2.45) is 11.8 Å². The maximum Gasteiger partial charge on any atom is -0.0234 e. The Balaban J connectivity index is 3.82. The molecule has 0 amide bonds. The Morgan fingerprint density at radius 2 is 1.56 bits per heavy atom. The van der Waals surface area contributed by atoms with Crippen LogP contribution in [0.5, 0.6) is 0 Å². The zero-order valence-corrected chi connectivity index (χ0v) is 13.4. The van der Waals surface area contributed by atoms with Crippen molar-refractivity contribution >= 4 is 0 Å². The minimum Gasteiger partial charge on any atom is -0.0996 e. The Kier molecular flexibility index (Phi) is 11.6. The Morgan fingerprint density at radius 3 is 2.11 bits per heavy atom. The van der Waals surface area contributed by atoms with Gasteiger partial charge in [0.05, 0.1) is 0 Å². The number of hydrogen-bond acceptors (Lipinski definition) is 0. The molecule has 0 radical (unpaired) electrons. The topological polar surface area (TPSA) is 0 Å². The monoisotopic (exact) mass is 252 g/mol. The highest BCUT2D eigenvalue weighted by molar-refractivity contribution is 5.00. The van der Waals surface area contributed by atoms with Crippen LogP contribution in [0.2, 0.25) is 0 Å². The van der Waals surface area contributed by atoms with Crippen molar-refractivity contribution in [1.29, 1.82) is 0 Å². The second kappa shape index (κ2) is 11.8. The molecular weight excluding hydrogens is 216 g/mol. The van der Waals surface area contributed by atoms with Crippen LogP contribution in [0.1, 0.15) is 91.9 Å². The van der Waals surface area contributed by atoms with Gasteiger partial charge in [-0.25, -0.2) is 0 Å². The fourth-order valence-electron chi connectivity index (χ4n) is 2.60. The van der Waals surface area contributed by atoms with Crippen LogP contribution >= 0.6 is 0 Å². The van der Waals surface area contributed by atoms with Crippen LogP contribution in [0.15, 0.2) is 12.2 Å². The molecule has 0 rings (SSSR count). The van der Waals surface area contributed by atoms with E-state index in [0.717, 1.165) is 11.8 Å². The number of allylic oxidation sites excluding steroid dienone is 1. The lowest BCUT2D eigenvalue weighted by molar-refractivity contribution is 0.421. The molecule has 0 nitrogen and oxygen atoms in total. The lowest BCUT2D eigenvalue weighted by Gasteiger charge is -2.20. The van der Waals surface area contributed by atoms with Gasteiger partial charge in [0.25, 0.3) is 0 Å². The fourth-order valence-corrected chi connectivity index (χ4v) is 2.60. The van der Waals surface area contributed by atoms with Gasteiger partial charge in [-0.15, -0.1) is 0 Å². The van der Waals surface area contributed by atoms with Crippen molar-refractivity contribution in [1.82, 2.24) is 0 Å². The second-order valence-corrected chi connectivity index (χ2v) is 6.03. The van der Waals surface area contributed by atoms with Crippen molar-refractivity contribution in [2.75, 3.05) is 0 Å². The van der Waals surface area contributed by atoms with Crippen molar-refractivity contribution in [2.45, 2.75) is 91.9 Å². The highest BCUT2D eigenvalue weighted by atomic mass is 14.2. The third-order valence-corrected chi connectivity index (χ3v) is 4.28. The quantitative estimate of drug-likeness (QED) is 0.266. The standard InChI is InChI=1S/C18H36/c1-6-9-11-12-13-16(4)17(5)15-18(8-3)14-10-7-2/h16,18H,5-15H2,1-4H3.